The fraction of sp³-hybridized carbons (Fsp3) is 0.375. The fourth-order valence-electron chi connectivity index (χ4n) is 1.23. The number of nitrogens with one attached hydrogen (secondary N) is 1. The summed E-state index contributed by atoms with van der Waals surface area (Å²) >= 11 is 0. The first-order chi connectivity index (χ1) is 5.34. The molecule has 0 aromatic carbocycles. The predicted molar refractivity (Wildman–Crippen MR) is 39.0 cm³/mol. The standard InChI is InChI=1S/C8H9NO2/c10-8-5-6(9-8)4-7-2-1-3-11-7/h1-3,6H,4-5H2,(H,9,10)/t6-/m0/s1. The number of β-lactam (4-membered cyclic amide) rings is 1. The predicted octanol–water partition coefficient (Wildman–Crippen LogP) is 0.711. The minimum atomic E-state index is 0.140. The molecule has 0 aliphatic carbocycles. The summed E-state index contributed by atoms with van der Waals surface area (Å²) in [7, 11) is 0. The maximum absolute atomic E-state index is 10.5. The van der Waals surface area contributed by atoms with E-state index in [0.29, 0.717) is 12.5 Å². The molecule has 0 bridgehead atoms. The highest BCUT2D eigenvalue weighted by molar-refractivity contribution is 5.82. The molecule has 1 aromatic rings. The van der Waals surface area contributed by atoms with E-state index in [9.17, 15) is 4.79 Å². The van der Waals surface area contributed by atoms with Crippen molar-refractivity contribution in [3.8, 4) is 0 Å². The second-order valence-electron chi connectivity index (χ2n) is 2.75. The maximum atomic E-state index is 10.5. The Kier molecular flexibility index (Phi) is 1.42. The van der Waals surface area contributed by atoms with E-state index in [-0.39, 0.29) is 5.91 Å². The molecule has 1 aliphatic heterocycles. The zero-order chi connectivity index (χ0) is 7.68. The lowest BCUT2D eigenvalue weighted by atomic mass is 10.0. The number of furan rings is 1. The van der Waals surface area contributed by atoms with Crippen molar-refractivity contribution in [3.63, 3.8) is 0 Å². The van der Waals surface area contributed by atoms with Crippen LogP contribution in [-0.4, -0.2) is 11.9 Å². The van der Waals surface area contributed by atoms with E-state index >= 15 is 0 Å². The average molecular weight is 151 g/mol. The first-order valence-corrected chi connectivity index (χ1v) is 3.66. The second kappa shape index (κ2) is 2.42. The van der Waals surface area contributed by atoms with Gasteiger partial charge in [-0.2, -0.15) is 0 Å². The highest BCUT2D eigenvalue weighted by Crippen LogP contribution is 2.11. The van der Waals surface area contributed by atoms with Crippen molar-refractivity contribution in [2.24, 2.45) is 0 Å². The number of carbonyl (C=O) groups excluding carboxylic acids is 1. The number of hydrogen-bond donors (Lipinski definition) is 1. The van der Waals surface area contributed by atoms with Crippen LogP contribution in [0.3, 0.4) is 0 Å². The van der Waals surface area contributed by atoms with Crippen LogP contribution in [0.15, 0.2) is 22.8 Å². The molecular formula is C8H9NO2. The quantitative estimate of drug-likeness (QED) is 0.632. The van der Waals surface area contributed by atoms with Crippen LogP contribution in [-0.2, 0) is 11.2 Å². The third-order valence-corrected chi connectivity index (χ3v) is 1.82. The lowest BCUT2D eigenvalue weighted by molar-refractivity contribution is -0.128. The van der Waals surface area contributed by atoms with E-state index in [0.717, 1.165) is 12.2 Å². The molecule has 1 amide bonds. The molecule has 1 aromatic heterocycles. The summed E-state index contributed by atoms with van der Waals surface area (Å²) in [4.78, 5) is 10.5. The Hall–Kier alpha value is -1.25. The Morgan fingerprint density at radius 2 is 2.55 bits per heavy atom. The van der Waals surface area contributed by atoms with Gasteiger partial charge in [-0.05, 0) is 12.1 Å². The zero-order valence-electron chi connectivity index (χ0n) is 6.04. The Bertz CT molecular complexity index is 245. The van der Waals surface area contributed by atoms with Crippen LogP contribution in [0.4, 0.5) is 0 Å². The van der Waals surface area contributed by atoms with Gasteiger partial charge in [0, 0.05) is 18.9 Å². The molecule has 3 nitrogen and oxygen atoms in total. The lowest BCUT2D eigenvalue weighted by Crippen LogP contribution is -2.49. The van der Waals surface area contributed by atoms with Gasteiger partial charge in [0.15, 0.2) is 0 Å². The third-order valence-electron chi connectivity index (χ3n) is 1.82. The number of rotatable bonds is 2. The van der Waals surface area contributed by atoms with Crippen LogP contribution in [0.1, 0.15) is 12.2 Å². The van der Waals surface area contributed by atoms with E-state index < -0.39 is 0 Å². The highest BCUT2D eigenvalue weighted by Gasteiger charge is 2.25. The molecule has 11 heavy (non-hydrogen) atoms. The van der Waals surface area contributed by atoms with Gasteiger partial charge in [-0.15, -0.1) is 0 Å². The Labute approximate surface area is 64.4 Å². The van der Waals surface area contributed by atoms with Crippen molar-refractivity contribution < 1.29 is 9.21 Å². The van der Waals surface area contributed by atoms with Gasteiger partial charge in [0.25, 0.3) is 0 Å². The number of carbonyl (C=O) groups is 1. The van der Waals surface area contributed by atoms with E-state index in [1.54, 1.807) is 6.26 Å². The summed E-state index contributed by atoms with van der Waals surface area (Å²) in [6.45, 7) is 0. The van der Waals surface area contributed by atoms with Crippen LogP contribution >= 0.6 is 0 Å². The van der Waals surface area contributed by atoms with Crippen molar-refractivity contribution in [1.29, 1.82) is 0 Å². The molecule has 2 rings (SSSR count). The van der Waals surface area contributed by atoms with Gasteiger partial charge in [0.1, 0.15) is 5.76 Å². The summed E-state index contributed by atoms with van der Waals surface area (Å²) < 4.78 is 5.12. The summed E-state index contributed by atoms with van der Waals surface area (Å²) in [6.07, 6.45) is 3.11. The van der Waals surface area contributed by atoms with Crippen molar-refractivity contribution in [2.45, 2.75) is 18.9 Å². The molecule has 0 saturated carbocycles. The van der Waals surface area contributed by atoms with Gasteiger partial charge in [0.2, 0.25) is 5.91 Å². The van der Waals surface area contributed by atoms with E-state index in [1.165, 1.54) is 0 Å². The van der Waals surface area contributed by atoms with Crippen molar-refractivity contribution in [3.05, 3.63) is 24.2 Å². The monoisotopic (exact) mass is 151 g/mol. The van der Waals surface area contributed by atoms with Crippen LogP contribution in [0, 0.1) is 0 Å². The van der Waals surface area contributed by atoms with Crippen LogP contribution in [0.5, 0.6) is 0 Å². The van der Waals surface area contributed by atoms with Gasteiger partial charge < -0.3 is 9.73 Å². The summed E-state index contributed by atoms with van der Waals surface area (Å²) in [5.74, 6) is 1.08. The molecule has 0 radical (unpaired) electrons. The molecule has 1 saturated heterocycles. The molecule has 2 heterocycles. The molecule has 58 valence electrons. The molecular weight excluding hydrogens is 142 g/mol. The lowest BCUT2D eigenvalue weighted by Gasteiger charge is -2.25. The Morgan fingerprint density at radius 3 is 3.09 bits per heavy atom. The number of hydrogen-bond acceptors (Lipinski definition) is 2. The van der Waals surface area contributed by atoms with Crippen molar-refractivity contribution in [1.82, 2.24) is 5.32 Å². The maximum Gasteiger partial charge on any atom is 0.222 e. The number of amides is 1. The smallest absolute Gasteiger partial charge is 0.222 e. The fourth-order valence-corrected chi connectivity index (χ4v) is 1.23. The van der Waals surface area contributed by atoms with Crippen molar-refractivity contribution in [2.75, 3.05) is 0 Å². The van der Waals surface area contributed by atoms with Gasteiger partial charge in [-0.25, -0.2) is 0 Å². The molecule has 0 unspecified atom stereocenters. The van der Waals surface area contributed by atoms with Crippen LogP contribution < -0.4 is 5.32 Å². The Morgan fingerprint density at radius 1 is 1.73 bits per heavy atom. The summed E-state index contributed by atoms with van der Waals surface area (Å²) in [5.41, 5.74) is 0. The second-order valence-corrected chi connectivity index (χ2v) is 2.75. The van der Waals surface area contributed by atoms with E-state index in [4.69, 9.17) is 4.42 Å². The molecule has 1 atom stereocenters. The van der Waals surface area contributed by atoms with Crippen LogP contribution in [0.25, 0.3) is 0 Å². The molecule has 3 heteroatoms. The van der Waals surface area contributed by atoms with Gasteiger partial charge in [-0.3, -0.25) is 4.79 Å². The minimum absolute atomic E-state index is 0.140. The van der Waals surface area contributed by atoms with Gasteiger partial charge in [-0.1, -0.05) is 0 Å². The first kappa shape index (κ1) is 6.46. The molecule has 1 N–H and O–H groups in total. The normalized spacial score (nSPS) is 22.5. The summed E-state index contributed by atoms with van der Waals surface area (Å²) in [6, 6.07) is 4.08. The largest absolute Gasteiger partial charge is 0.469 e. The Balaban J connectivity index is 1.88. The van der Waals surface area contributed by atoms with E-state index in [2.05, 4.69) is 5.32 Å². The first-order valence-electron chi connectivity index (χ1n) is 3.66. The third kappa shape index (κ3) is 1.27. The highest BCUT2D eigenvalue weighted by atomic mass is 16.3. The van der Waals surface area contributed by atoms with Gasteiger partial charge >= 0.3 is 0 Å². The topological polar surface area (TPSA) is 42.2 Å². The average Bonchev–Trinajstić information content (AvgIpc) is 2.36. The molecule has 1 aliphatic rings. The molecule has 1 fully saturated rings. The van der Waals surface area contributed by atoms with Crippen molar-refractivity contribution >= 4 is 5.91 Å². The zero-order valence-corrected chi connectivity index (χ0v) is 6.04. The molecule has 0 spiro atoms. The van der Waals surface area contributed by atoms with Crippen LogP contribution in [0.2, 0.25) is 0 Å². The summed E-state index contributed by atoms with van der Waals surface area (Å²) in [5, 5.41) is 2.78. The minimum Gasteiger partial charge on any atom is -0.469 e. The van der Waals surface area contributed by atoms with Gasteiger partial charge in [0.05, 0.1) is 6.26 Å². The van der Waals surface area contributed by atoms with E-state index in [1.807, 2.05) is 12.1 Å². The SMILES string of the molecule is O=C1C[C@H](Cc2ccco2)N1.